The third-order valence-electron chi connectivity index (χ3n) is 1.71. The molecule has 0 aromatic carbocycles. The minimum atomic E-state index is -0.610. The number of nitrogens with zero attached hydrogens (tertiary/aromatic N) is 3. The maximum absolute atomic E-state index is 11.5. The largest absolute Gasteiger partial charge is 0.444 e. The van der Waals surface area contributed by atoms with E-state index in [9.17, 15) is 4.79 Å². The molecule has 0 unspecified atom stereocenters. The summed E-state index contributed by atoms with van der Waals surface area (Å²) in [6.07, 6.45) is -0.610. The van der Waals surface area contributed by atoms with Crippen LogP contribution in [0.4, 0.5) is 10.6 Å². The maximum Gasteiger partial charge on any atom is 0.413 e. The molecule has 0 aliphatic carbocycles. The van der Waals surface area contributed by atoms with Crippen LogP contribution in [0.25, 0.3) is 0 Å². The molecule has 0 aliphatic heterocycles. The van der Waals surface area contributed by atoms with Crippen LogP contribution >= 0.6 is 15.9 Å². The molecule has 0 bridgehead atoms. The summed E-state index contributed by atoms with van der Waals surface area (Å²) in [7, 11) is 1.61. The van der Waals surface area contributed by atoms with Crippen LogP contribution in [0.3, 0.4) is 0 Å². The highest BCUT2D eigenvalue weighted by molar-refractivity contribution is 9.10. The number of hydrogen-bond donors (Lipinski definition) is 1. The van der Waals surface area contributed by atoms with Crippen molar-refractivity contribution in [2.75, 3.05) is 5.32 Å². The first-order chi connectivity index (χ1) is 7.74. The number of ether oxygens (including phenoxy) is 1. The van der Waals surface area contributed by atoms with Crippen LogP contribution in [0.1, 0.15) is 26.5 Å². The number of hydrogen-bond acceptors (Lipinski definition) is 4. The molecule has 0 aliphatic rings. The zero-order valence-electron chi connectivity index (χ0n) is 10.0. The second-order valence-corrected chi connectivity index (χ2v) is 5.17. The molecule has 1 aromatic rings. The molecule has 1 amide bonds. The van der Waals surface area contributed by atoms with E-state index in [0.29, 0.717) is 10.2 Å². The lowest BCUT2D eigenvalue weighted by atomic mass is 10.2. The van der Waals surface area contributed by atoms with E-state index >= 15 is 0 Å². The molecule has 0 saturated heterocycles. The number of rotatable bonds is 1. The van der Waals surface area contributed by atoms with Crippen molar-refractivity contribution in [3.05, 3.63) is 10.2 Å². The fraction of sp³-hybridized carbons (Fsp3) is 0.500. The highest BCUT2D eigenvalue weighted by Crippen LogP contribution is 2.25. The van der Waals surface area contributed by atoms with E-state index in [1.165, 1.54) is 4.68 Å². The van der Waals surface area contributed by atoms with Crippen molar-refractivity contribution in [2.45, 2.75) is 26.4 Å². The zero-order valence-corrected chi connectivity index (χ0v) is 11.6. The molecule has 1 aromatic heterocycles. The topological polar surface area (TPSA) is 79.9 Å². The Morgan fingerprint density at radius 3 is 2.59 bits per heavy atom. The predicted molar refractivity (Wildman–Crippen MR) is 65.5 cm³/mol. The highest BCUT2D eigenvalue weighted by atomic mass is 79.9. The number of carbonyl (C=O) groups is 1. The van der Waals surface area contributed by atoms with Crippen LogP contribution < -0.4 is 5.32 Å². The van der Waals surface area contributed by atoms with Gasteiger partial charge in [-0.15, -0.1) is 0 Å². The van der Waals surface area contributed by atoms with Gasteiger partial charge in [0.25, 0.3) is 0 Å². The Kier molecular flexibility index (Phi) is 3.78. The molecule has 1 rings (SSSR count). The SMILES string of the molecule is Cn1nc(NC(=O)OC(C)(C)C)c(Br)c1C#N. The van der Waals surface area contributed by atoms with Gasteiger partial charge in [0, 0.05) is 7.05 Å². The second kappa shape index (κ2) is 4.75. The van der Waals surface area contributed by atoms with Gasteiger partial charge < -0.3 is 4.74 Å². The smallest absolute Gasteiger partial charge is 0.413 e. The van der Waals surface area contributed by atoms with Crippen molar-refractivity contribution in [1.82, 2.24) is 9.78 Å². The fourth-order valence-electron chi connectivity index (χ4n) is 1.10. The molecule has 0 radical (unpaired) electrons. The van der Waals surface area contributed by atoms with E-state index in [4.69, 9.17) is 10.00 Å². The summed E-state index contributed by atoms with van der Waals surface area (Å²) < 4.78 is 6.89. The molecule has 7 heteroatoms. The average molecular weight is 301 g/mol. The van der Waals surface area contributed by atoms with Crippen molar-refractivity contribution in [2.24, 2.45) is 7.05 Å². The minimum absolute atomic E-state index is 0.262. The van der Waals surface area contributed by atoms with Gasteiger partial charge in [0.1, 0.15) is 11.7 Å². The standard InChI is InChI=1S/C10H13BrN4O2/c1-10(2,3)17-9(16)13-8-7(11)6(5-12)15(4)14-8/h1-4H3,(H,13,14,16). The summed E-state index contributed by atoms with van der Waals surface area (Å²) >= 11 is 3.19. The monoisotopic (exact) mass is 300 g/mol. The van der Waals surface area contributed by atoms with E-state index in [1.54, 1.807) is 27.8 Å². The number of aromatic nitrogens is 2. The van der Waals surface area contributed by atoms with Crippen LogP contribution in [-0.4, -0.2) is 21.5 Å². The Morgan fingerprint density at radius 2 is 2.18 bits per heavy atom. The molecular weight excluding hydrogens is 288 g/mol. The Balaban J connectivity index is 2.84. The Labute approximate surface area is 108 Å². The van der Waals surface area contributed by atoms with Crippen LogP contribution in [0.2, 0.25) is 0 Å². The number of amides is 1. The number of anilines is 1. The molecular formula is C10H13BrN4O2. The summed E-state index contributed by atoms with van der Waals surface area (Å²) in [6, 6.07) is 1.97. The van der Waals surface area contributed by atoms with Gasteiger partial charge in [-0.05, 0) is 36.7 Å². The van der Waals surface area contributed by atoms with E-state index < -0.39 is 11.7 Å². The number of nitriles is 1. The molecule has 92 valence electrons. The van der Waals surface area contributed by atoms with Gasteiger partial charge in [-0.1, -0.05) is 0 Å². The summed E-state index contributed by atoms with van der Waals surface area (Å²) in [6.45, 7) is 5.29. The molecule has 17 heavy (non-hydrogen) atoms. The molecule has 0 atom stereocenters. The third-order valence-corrected chi connectivity index (χ3v) is 2.47. The first-order valence-electron chi connectivity index (χ1n) is 4.87. The van der Waals surface area contributed by atoms with E-state index in [1.807, 2.05) is 6.07 Å². The van der Waals surface area contributed by atoms with Crippen molar-refractivity contribution in [3.8, 4) is 6.07 Å². The van der Waals surface area contributed by atoms with Crippen LogP contribution in [-0.2, 0) is 11.8 Å². The lowest BCUT2D eigenvalue weighted by Crippen LogP contribution is -2.27. The lowest BCUT2D eigenvalue weighted by Gasteiger charge is -2.19. The van der Waals surface area contributed by atoms with Gasteiger partial charge in [-0.3, -0.25) is 10.00 Å². The number of nitrogens with one attached hydrogen (secondary N) is 1. The Morgan fingerprint density at radius 1 is 1.59 bits per heavy atom. The minimum Gasteiger partial charge on any atom is -0.444 e. The maximum atomic E-state index is 11.5. The van der Waals surface area contributed by atoms with Crippen LogP contribution in [0.5, 0.6) is 0 Å². The van der Waals surface area contributed by atoms with E-state index in [2.05, 4.69) is 26.3 Å². The van der Waals surface area contributed by atoms with E-state index in [-0.39, 0.29) is 5.82 Å². The van der Waals surface area contributed by atoms with Crippen molar-refractivity contribution < 1.29 is 9.53 Å². The van der Waals surface area contributed by atoms with Crippen molar-refractivity contribution in [3.63, 3.8) is 0 Å². The predicted octanol–water partition coefficient (Wildman–Crippen LogP) is 2.40. The van der Waals surface area contributed by atoms with Crippen molar-refractivity contribution in [1.29, 1.82) is 5.26 Å². The summed E-state index contributed by atoms with van der Waals surface area (Å²) in [5, 5.41) is 15.3. The Bertz CT molecular complexity index is 482. The number of halogens is 1. The molecule has 1 heterocycles. The summed E-state index contributed by atoms with van der Waals surface area (Å²) in [5.74, 6) is 0.262. The number of aryl methyl sites for hydroxylation is 1. The van der Waals surface area contributed by atoms with Gasteiger partial charge in [-0.25, -0.2) is 4.79 Å². The molecule has 0 spiro atoms. The molecule has 6 nitrogen and oxygen atoms in total. The number of carbonyl (C=O) groups excluding carboxylic acids is 1. The quantitative estimate of drug-likeness (QED) is 0.863. The van der Waals surface area contributed by atoms with Crippen LogP contribution in [0, 0.1) is 11.3 Å². The van der Waals surface area contributed by atoms with Gasteiger partial charge in [-0.2, -0.15) is 10.4 Å². The third kappa shape index (κ3) is 3.46. The molecule has 1 N–H and O–H groups in total. The Hall–Kier alpha value is -1.55. The zero-order chi connectivity index (χ0) is 13.2. The highest BCUT2D eigenvalue weighted by Gasteiger charge is 2.20. The second-order valence-electron chi connectivity index (χ2n) is 4.37. The van der Waals surface area contributed by atoms with Gasteiger partial charge in [0.15, 0.2) is 11.5 Å². The molecule has 0 fully saturated rings. The summed E-state index contributed by atoms with van der Waals surface area (Å²) in [4.78, 5) is 11.5. The van der Waals surface area contributed by atoms with Gasteiger partial charge in [0.05, 0.1) is 4.47 Å². The molecule has 0 saturated carbocycles. The van der Waals surface area contributed by atoms with E-state index in [0.717, 1.165) is 0 Å². The van der Waals surface area contributed by atoms with Gasteiger partial charge in [0.2, 0.25) is 0 Å². The summed E-state index contributed by atoms with van der Waals surface area (Å²) in [5.41, 5.74) is -0.250. The fourth-order valence-corrected chi connectivity index (χ4v) is 1.62. The first-order valence-corrected chi connectivity index (χ1v) is 5.66. The van der Waals surface area contributed by atoms with Crippen LogP contribution in [0.15, 0.2) is 4.47 Å². The average Bonchev–Trinajstić information content (AvgIpc) is 2.38. The van der Waals surface area contributed by atoms with Gasteiger partial charge >= 0.3 is 6.09 Å². The normalized spacial score (nSPS) is 10.8. The van der Waals surface area contributed by atoms with Crippen molar-refractivity contribution >= 4 is 27.8 Å². The lowest BCUT2D eigenvalue weighted by molar-refractivity contribution is 0.0635. The first kappa shape index (κ1) is 13.5.